The van der Waals surface area contributed by atoms with Crippen LogP contribution in [0.1, 0.15) is 42.1 Å². The van der Waals surface area contributed by atoms with Crippen molar-refractivity contribution in [1.29, 1.82) is 0 Å². The van der Waals surface area contributed by atoms with Crippen molar-refractivity contribution in [2.45, 2.75) is 39.2 Å². The lowest BCUT2D eigenvalue weighted by Crippen LogP contribution is -2.33. The molecule has 98 valence electrons. The molecular weight excluding hydrogens is 292 g/mol. The van der Waals surface area contributed by atoms with Crippen molar-refractivity contribution >= 4 is 27.5 Å². The summed E-state index contributed by atoms with van der Waals surface area (Å²) in [6, 6.07) is 3.97. The van der Waals surface area contributed by atoms with Gasteiger partial charge in [0, 0.05) is 21.8 Å². The maximum Gasteiger partial charge on any atom is 0.251 e. The molecule has 18 heavy (non-hydrogen) atoms. The van der Waals surface area contributed by atoms with Crippen LogP contribution in [0.4, 0.5) is 5.69 Å². The summed E-state index contributed by atoms with van der Waals surface area (Å²) in [5.41, 5.74) is 8.04. The number of nitrogens with one attached hydrogen (secondary N) is 1. The Bertz CT molecular complexity index is 473. The number of hydrogen-bond donors (Lipinski definition) is 2. The number of anilines is 1. The second-order valence-corrected chi connectivity index (χ2v) is 6.17. The maximum absolute atomic E-state index is 12.2. The molecule has 2 atom stereocenters. The Labute approximate surface area is 116 Å². The highest BCUT2D eigenvalue weighted by atomic mass is 79.9. The molecule has 4 heteroatoms. The third-order valence-electron chi connectivity index (χ3n) is 3.69. The molecule has 0 saturated heterocycles. The molecule has 0 aromatic heterocycles. The monoisotopic (exact) mass is 310 g/mol. The van der Waals surface area contributed by atoms with Gasteiger partial charge in [-0.2, -0.15) is 0 Å². The van der Waals surface area contributed by atoms with Gasteiger partial charge in [-0.05, 0) is 49.8 Å². The van der Waals surface area contributed by atoms with E-state index in [4.69, 9.17) is 5.73 Å². The van der Waals surface area contributed by atoms with Crippen LogP contribution in [-0.4, -0.2) is 11.9 Å². The first-order valence-corrected chi connectivity index (χ1v) is 7.13. The van der Waals surface area contributed by atoms with Crippen molar-refractivity contribution in [3.8, 4) is 0 Å². The number of carbonyl (C=O) groups excluding carboxylic acids is 1. The summed E-state index contributed by atoms with van der Waals surface area (Å²) in [6.07, 6.45) is 3.36. The van der Waals surface area contributed by atoms with Gasteiger partial charge in [0.15, 0.2) is 0 Å². The molecule has 1 aromatic carbocycles. The number of halogens is 1. The van der Waals surface area contributed by atoms with Crippen molar-refractivity contribution in [3.63, 3.8) is 0 Å². The zero-order valence-electron chi connectivity index (χ0n) is 10.8. The van der Waals surface area contributed by atoms with Gasteiger partial charge in [0.2, 0.25) is 0 Å². The van der Waals surface area contributed by atoms with Crippen LogP contribution in [-0.2, 0) is 0 Å². The summed E-state index contributed by atoms with van der Waals surface area (Å²) in [5, 5.41) is 3.11. The van der Waals surface area contributed by atoms with E-state index < -0.39 is 0 Å². The molecular formula is C14H19BrN2O. The minimum absolute atomic E-state index is 0.0143. The minimum atomic E-state index is -0.0143. The van der Waals surface area contributed by atoms with E-state index in [1.54, 1.807) is 0 Å². The van der Waals surface area contributed by atoms with Gasteiger partial charge >= 0.3 is 0 Å². The first kappa shape index (κ1) is 13.4. The van der Waals surface area contributed by atoms with E-state index in [0.29, 0.717) is 23.2 Å². The van der Waals surface area contributed by atoms with Gasteiger partial charge in [0.1, 0.15) is 0 Å². The van der Waals surface area contributed by atoms with Crippen molar-refractivity contribution in [3.05, 3.63) is 27.7 Å². The molecule has 1 amide bonds. The van der Waals surface area contributed by atoms with Crippen LogP contribution >= 0.6 is 15.9 Å². The summed E-state index contributed by atoms with van der Waals surface area (Å²) in [4.78, 5) is 12.2. The van der Waals surface area contributed by atoms with Crippen molar-refractivity contribution < 1.29 is 4.79 Å². The Kier molecular flexibility index (Phi) is 3.95. The van der Waals surface area contributed by atoms with Crippen LogP contribution < -0.4 is 11.1 Å². The molecule has 0 spiro atoms. The zero-order chi connectivity index (χ0) is 13.3. The number of carbonyl (C=O) groups is 1. The SMILES string of the molecule is Cc1c(N)cc(Br)cc1C(=O)NC1CCC(C)C1. The van der Waals surface area contributed by atoms with Crippen LogP contribution in [0.2, 0.25) is 0 Å². The smallest absolute Gasteiger partial charge is 0.251 e. The Morgan fingerprint density at radius 2 is 2.17 bits per heavy atom. The Hall–Kier alpha value is -1.03. The third kappa shape index (κ3) is 2.86. The quantitative estimate of drug-likeness (QED) is 0.824. The predicted molar refractivity (Wildman–Crippen MR) is 77.6 cm³/mol. The zero-order valence-corrected chi connectivity index (χ0v) is 12.4. The normalized spacial score (nSPS) is 23.1. The molecule has 0 heterocycles. The van der Waals surface area contributed by atoms with Crippen molar-refractivity contribution in [2.24, 2.45) is 5.92 Å². The second kappa shape index (κ2) is 5.31. The lowest BCUT2D eigenvalue weighted by molar-refractivity contribution is 0.0936. The van der Waals surface area contributed by atoms with E-state index in [2.05, 4.69) is 28.2 Å². The second-order valence-electron chi connectivity index (χ2n) is 5.26. The molecule has 0 aliphatic heterocycles. The maximum atomic E-state index is 12.2. The van der Waals surface area contributed by atoms with E-state index in [0.717, 1.165) is 22.9 Å². The number of benzene rings is 1. The fraction of sp³-hybridized carbons (Fsp3) is 0.500. The number of rotatable bonds is 2. The first-order chi connectivity index (χ1) is 8.47. The molecule has 0 radical (unpaired) electrons. The average Bonchev–Trinajstić information content (AvgIpc) is 2.69. The summed E-state index contributed by atoms with van der Waals surface area (Å²) in [7, 11) is 0. The molecule has 1 aromatic rings. The van der Waals surface area contributed by atoms with E-state index >= 15 is 0 Å². The van der Waals surface area contributed by atoms with Gasteiger partial charge in [0.25, 0.3) is 5.91 Å². The first-order valence-electron chi connectivity index (χ1n) is 6.34. The molecule has 2 rings (SSSR count). The van der Waals surface area contributed by atoms with Crippen LogP contribution in [0.25, 0.3) is 0 Å². The lowest BCUT2D eigenvalue weighted by atomic mass is 10.1. The van der Waals surface area contributed by atoms with Gasteiger partial charge in [0.05, 0.1) is 0 Å². The highest BCUT2D eigenvalue weighted by Crippen LogP contribution is 2.26. The number of nitrogens with two attached hydrogens (primary N) is 1. The molecule has 0 bridgehead atoms. The van der Waals surface area contributed by atoms with E-state index in [1.165, 1.54) is 6.42 Å². The van der Waals surface area contributed by atoms with E-state index in [-0.39, 0.29) is 5.91 Å². The molecule has 1 fully saturated rings. The predicted octanol–water partition coefficient (Wildman–Crippen LogP) is 3.26. The van der Waals surface area contributed by atoms with Crippen LogP contribution in [0.3, 0.4) is 0 Å². The summed E-state index contributed by atoms with van der Waals surface area (Å²) < 4.78 is 0.843. The van der Waals surface area contributed by atoms with Crippen LogP contribution in [0.15, 0.2) is 16.6 Å². The largest absolute Gasteiger partial charge is 0.398 e. The molecule has 1 aliphatic rings. The number of amides is 1. The lowest BCUT2D eigenvalue weighted by Gasteiger charge is -2.15. The summed E-state index contributed by atoms with van der Waals surface area (Å²) in [6.45, 7) is 4.11. The number of nitrogen functional groups attached to an aromatic ring is 1. The Morgan fingerprint density at radius 3 is 2.78 bits per heavy atom. The topological polar surface area (TPSA) is 55.1 Å². The van der Waals surface area contributed by atoms with E-state index in [9.17, 15) is 4.79 Å². The Balaban J connectivity index is 2.14. The summed E-state index contributed by atoms with van der Waals surface area (Å²) >= 11 is 3.38. The van der Waals surface area contributed by atoms with Crippen molar-refractivity contribution in [2.75, 3.05) is 5.73 Å². The highest BCUT2D eigenvalue weighted by molar-refractivity contribution is 9.10. The molecule has 3 N–H and O–H groups in total. The molecule has 1 aliphatic carbocycles. The fourth-order valence-corrected chi connectivity index (χ4v) is 3.01. The van der Waals surface area contributed by atoms with Gasteiger partial charge < -0.3 is 11.1 Å². The molecule has 2 unspecified atom stereocenters. The molecule has 1 saturated carbocycles. The summed E-state index contributed by atoms with van der Waals surface area (Å²) in [5.74, 6) is 0.698. The highest BCUT2D eigenvalue weighted by Gasteiger charge is 2.23. The fourth-order valence-electron chi connectivity index (χ4n) is 2.54. The number of hydrogen-bond acceptors (Lipinski definition) is 2. The van der Waals surface area contributed by atoms with Crippen LogP contribution in [0.5, 0.6) is 0 Å². The molecule has 3 nitrogen and oxygen atoms in total. The Morgan fingerprint density at radius 1 is 1.44 bits per heavy atom. The average molecular weight is 311 g/mol. The van der Waals surface area contributed by atoms with E-state index in [1.807, 2.05) is 19.1 Å². The van der Waals surface area contributed by atoms with Crippen LogP contribution in [0, 0.1) is 12.8 Å². The van der Waals surface area contributed by atoms with Crippen molar-refractivity contribution in [1.82, 2.24) is 5.32 Å². The third-order valence-corrected chi connectivity index (χ3v) is 4.15. The van der Waals surface area contributed by atoms with Gasteiger partial charge in [-0.1, -0.05) is 22.9 Å². The minimum Gasteiger partial charge on any atom is -0.398 e. The standard InChI is InChI=1S/C14H19BrN2O/c1-8-3-4-11(5-8)17-14(18)12-6-10(15)7-13(16)9(12)2/h6-8,11H,3-5,16H2,1-2H3,(H,17,18). The van der Waals surface area contributed by atoms with Gasteiger partial charge in [-0.3, -0.25) is 4.79 Å². The van der Waals surface area contributed by atoms with Gasteiger partial charge in [-0.15, -0.1) is 0 Å². The van der Waals surface area contributed by atoms with Gasteiger partial charge in [-0.25, -0.2) is 0 Å².